The molecule has 0 saturated heterocycles. The molecule has 0 atom stereocenters. The molecule has 0 aromatic carbocycles. The highest BCUT2D eigenvalue weighted by atomic mass is 16.2. The standard InChI is InChI=1S/C15H16N8O2/c1-2-18-15(25)20-14-19-12-7-10(9-4-3-5-17-8-9)6-11(13(24)21-16)23(12)22-14/h3-8H,2,16H2,1H3,(H,21,24)(H2,18,20,22,25). The van der Waals surface area contributed by atoms with Crippen molar-refractivity contribution in [3.8, 4) is 11.1 Å². The first-order valence-corrected chi connectivity index (χ1v) is 7.49. The number of hydrazine groups is 1. The van der Waals surface area contributed by atoms with E-state index in [9.17, 15) is 9.59 Å². The fourth-order valence-corrected chi connectivity index (χ4v) is 2.28. The molecule has 5 N–H and O–H groups in total. The number of carbonyl (C=O) groups is 2. The van der Waals surface area contributed by atoms with Crippen molar-refractivity contribution >= 4 is 23.5 Å². The second-order valence-electron chi connectivity index (χ2n) is 5.03. The van der Waals surface area contributed by atoms with Crippen molar-refractivity contribution in [3.05, 3.63) is 42.4 Å². The fraction of sp³-hybridized carbons (Fsp3) is 0.133. The molecule has 0 radical (unpaired) electrons. The number of nitrogens with two attached hydrogens (primary N) is 1. The third-order valence-corrected chi connectivity index (χ3v) is 3.36. The van der Waals surface area contributed by atoms with Gasteiger partial charge in [0, 0.05) is 24.5 Å². The van der Waals surface area contributed by atoms with Gasteiger partial charge in [-0.05, 0) is 30.7 Å². The maximum atomic E-state index is 12.1. The summed E-state index contributed by atoms with van der Waals surface area (Å²) in [4.78, 5) is 32.0. The van der Waals surface area contributed by atoms with Crippen LogP contribution in [0.15, 0.2) is 36.7 Å². The number of nitrogens with zero attached hydrogens (tertiary/aromatic N) is 4. The van der Waals surface area contributed by atoms with Gasteiger partial charge < -0.3 is 5.32 Å². The van der Waals surface area contributed by atoms with Gasteiger partial charge in [-0.1, -0.05) is 6.07 Å². The fourth-order valence-electron chi connectivity index (χ4n) is 2.28. The molecule has 3 rings (SSSR count). The van der Waals surface area contributed by atoms with Gasteiger partial charge in [0.1, 0.15) is 5.69 Å². The molecule has 3 aromatic rings. The minimum atomic E-state index is -0.537. The maximum absolute atomic E-state index is 12.1. The minimum absolute atomic E-state index is 0.0698. The van der Waals surface area contributed by atoms with E-state index in [1.54, 1.807) is 37.5 Å². The average molecular weight is 340 g/mol. The third-order valence-electron chi connectivity index (χ3n) is 3.36. The smallest absolute Gasteiger partial charge is 0.321 e. The van der Waals surface area contributed by atoms with E-state index < -0.39 is 11.9 Å². The van der Waals surface area contributed by atoms with Crippen LogP contribution < -0.4 is 21.9 Å². The van der Waals surface area contributed by atoms with Crippen molar-refractivity contribution < 1.29 is 9.59 Å². The Morgan fingerprint density at radius 2 is 2.12 bits per heavy atom. The van der Waals surface area contributed by atoms with Crippen LogP contribution in [0.4, 0.5) is 10.7 Å². The Morgan fingerprint density at radius 1 is 1.28 bits per heavy atom. The molecule has 0 bridgehead atoms. The first kappa shape index (κ1) is 16.3. The summed E-state index contributed by atoms with van der Waals surface area (Å²) in [6.07, 6.45) is 3.32. The predicted molar refractivity (Wildman–Crippen MR) is 90.6 cm³/mol. The van der Waals surface area contributed by atoms with Gasteiger partial charge in [-0.3, -0.25) is 20.5 Å². The summed E-state index contributed by atoms with van der Waals surface area (Å²) in [5, 5.41) is 9.22. The van der Waals surface area contributed by atoms with Crippen molar-refractivity contribution in [3.63, 3.8) is 0 Å². The molecule has 0 aliphatic heterocycles. The van der Waals surface area contributed by atoms with Crippen LogP contribution in [0.5, 0.6) is 0 Å². The van der Waals surface area contributed by atoms with E-state index in [0.717, 1.165) is 11.1 Å². The second-order valence-corrected chi connectivity index (χ2v) is 5.03. The SMILES string of the molecule is CCNC(=O)Nc1nc2cc(-c3cccnc3)cc(C(=O)NN)n2n1. The lowest BCUT2D eigenvalue weighted by Gasteiger charge is -2.06. The van der Waals surface area contributed by atoms with Crippen LogP contribution in [0.1, 0.15) is 17.4 Å². The number of amides is 3. The first-order valence-electron chi connectivity index (χ1n) is 7.49. The highest BCUT2D eigenvalue weighted by Crippen LogP contribution is 2.22. The molecule has 0 unspecified atom stereocenters. The van der Waals surface area contributed by atoms with Gasteiger partial charge in [-0.25, -0.2) is 15.2 Å². The number of aromatic nitrogens is 4. The number of hydrogen-bond acceptors (Lipinski definition) is 6. The maximum Gasteiger partial charge on any atom is 0.321 e. The van der Waals surface area contributed by atoms with Crippen LogP contribution >= 0.6 is 0 Å². The monoisotopic (exact) mass is 340 g/mol. The van der Waals surface area contributed by atoms with Crippen LogP contribution in [0.2, 0.25) is 0 Å². The third kappa shape index (κ3) is 3.38. The zero-order valence-electron chi connectivity index (χ0n) is 13.4. The van der Waals surface area contributed by atoms with E-state index in [1.807, 2.05) is 6.07 Å². The van der Waals surface area contributed by atoms with Crippen LogP contribution in [-0.4, -0.2) is 38.1 Å². The Bertz CT molecular complexity index is 922. The summed E-state index contributed by atoms with van der Waals surface area (Å²) in [6, 6.07) is 6.56. The quantitative estimate of drug-likeness (QED) is 0.310. The Labute approximate surface area is 142 Å². The summed E-state index contributed by atoms with van der Waals surface area (Å²) in [7, 11) is 0. The van der Waals surface area contributed by atoms with Crippen molar-refractivity contribution in [1.29, 1.82) is 0 Å². The summed E-state index contributed by atoms with van der Waals surface area (Å²) in [6.45, 7) is 2.26. The van der Waals surface area contributed by atoms with Gasteiger partial charge in [-0.2, -0.15) is 4.98 Å². The van der Waals surface area contributed by atoms with Crippen LogP contribution in [-0.2, 0) is 0 Å². The first-order chi connectivity index (χ1) is 12.1. The van der Waals surface area contributed by atoms with Gasteiger partial charge in [0.2, 0.25) is 0 Å². The van der Waals surface area contributed by atoms with Crippen molar-refractivity contribution in [2.75, 3.05) is 11.9 Å². The Morgan fingerprint density at radius 3 is 2.80 bits per heavy atom. The number of pyridine rings is 2. The van der Waals surface area contributed by atoms with Crippen LogP contribution in [0.3, 0.4) is 0 Å². The zero-order chi connectivity index (χ0) is 17.8. The van der Waals surface area contributed by atoms with Crippen LogP contribution in [0, 0.1) is 0 Å². The lowest BCUT2D eigenvalue weighted by Crippen LogP contribution is -2.31. The summed E-state index contributed by atoms with van der Waals surface area (Å²) >= 11 is 0. The second kappa shape index (κ2) is 6.93. The molecule has 0 aliphatic rings. The molecular formula is C15H16N8O2. The Kier molecular flexibility index (Phi) is 4.53. The van der Waals surface area contributed by atoms with E-state index in [2.05, 4.69) is 31.1 Å². The lowest BCUT2D eigenvalue weighted by molar-refractivity contribution is 0.0946. The van der Waals surface area contributed by atoms with E-state index in [4.69, 9.17) is 5.84 Å². The number of nitrogen functional groups attached to an aromatic ring is 1. The normalized spacial score (nSPS) is 10.5. The average Bonchev–Trinajstić information content (AvgIpc) is 3.03. The molecule has 25 heavy (non-hydrogen) atoms. The number of fused-ring (bicyclic) bond motifs is 1. The molecule has 3 amide bonds. The van der Waals surface area contributed by atoms with Gasteiger partial charge >= 0.3 is 6.03 Å². The minimum Gasteiger partial charge on any atom is -0.338 e. The number of rotatable bonds is 4. The number of anilines is 1. The van der Waals surface area contributed by atoms with E-state index in [-0.39, 0.29) is 11.6 Å². The van der Waals surface area contributed by atoms with Gasteiger partial charge in [0.05, 0.1) is 0 Å². The molecular weight excluding hydrogens is 324 g/mol. The molecule has 3 heterocycles. The molecule has 0 aliphatic carbocycles. The Hall–Kier alpha value is -3.53. The molecule has 0 saturated carbocycles. The number of urea groups is 1. The van der Waals surface area contributed by atoms with E-state index in [1.165, 1.54) is 4.52 Å². The molecule has 0 fully saturated rings. The van der Waals surface area contributed by atoms with Crippen molar-refractivity contribution in [1.82, 2.24) is 30.3 Å². The topological polar surface area (TPSA) is 139 Å². The number of nitrogens with one attached hydrogen (secondary N) is 3. The van der Waals surface area contributed by atoms with E-state index >= 15 is 0 Å². The highest BCUT2D eigenvalue weighted by molar-refractivity contribution is 5.94. The number of carbonyl (C=O) groups excluding carboxylic acids is 2. The van der Waals surface area contributed by atoms with Gasteiger partial charge in [-0.15, -0.1) is 5.10 Å². The molecule has 0 spiro atoms. The molecule has 3 aromatic heterocycles. The van der Waals surface area contributed by atoms with E-state index in [0.29, 0.717) is 12.2 Å². The van der Waals surface area contributed by atoms with Gasteiger partial charge in [0.15, 0.2) is 5.65 Å². The molecule has 10 heteroatoms. The highest BCUT2D eigenvalue weighted by Gasteiger charge is 2.16. The van der Waals surface area contributed by atoms with Crippen molar-refractivity contribution in [2.24, 2.45) is 5.84 Å². The zero-order valence-corrected chi connectivity index (χ0v) is 13.4. The predicted octanol–water partition coefficient (Wildman–Crippen LogP) is 0.536. The molecule has 10 nitrogen and oxygen atoms in total. The number of hydrogen-bond donors (Lipinski definition) is 4. The van der Waals surface area contributed by atoms with Gasteiger partial charge in [0.25, 0.3) is 11.9 Å². The Balaban J connectivity index is 2.10. The van der Waals surface area contributed by atoms with Crippen LogP contribution in [0.25, 0.3) is 16.8 Å². The largest absolute Gasteiger partial charge is 0.338 e. The molecule has 128 valence electrons. The van der Waals surface area contributed by atoms with Crippen molar-refractivity contribution in [2.45, 2.75) is 6.92 Å². The summed E-state index contributed by atoms with van der Waals surface area (Å²) < 4.78 is 1.31. The summed E-state index contributed by atoms with van der Waals surface area (Å²) in [5.74, 6) is 4.79. The lowest BCUT2D eigenvalue weighted by atomic mass is 10.1. The summed E-state index contributed by atoms with van der Waals surface area (Å²) in [5.41, 5.74) is 4.16.